The van der Waals surface area contributed by atoms with Gasteiger partial charge in [-0.25, -0.2) is 0 Å². The van der Waals surface area contributed by atoms with Crippen LogP contribution in [0.2, 0.25) is 0 Å². The Labute approximate surface area is 247 Å². The Kier molecular flexibility index (Phi) is 9.44. The topological polar surface area (TPSA) is 78.9 Å². The second-order valence-electron chi connectivity index (χ2n) is 10.5. The molecule has 0 aliphatic carbocycles. The average Bonchev–Trinajstić information content (AvgIpc) is 3.30. The van der Waals surface area contributed by atoms with Gasteiger partial charge in [-0.2, -0.15) is 0 Å². The highest BCUT2D eigenvalue weighted by Gasteiger charge is 2.25. The zero-order valence-electron chi connectivity index (χ0n) is 24.3. The van der Waals surface area contributed by atoms with E-state index in [0.29, 0.717) is 38.2 Å². The second-order valence-corrected chi connectivity index (χ2v) is 10.5. The second kappa shape index (κ2) is 13.8. The van der Waals surface area contributed by atoms with Crippen LogP contribution in [0, 0.1) is 6.92 Å². The molecule has 0 N–H and O–H groups in total. The van der Waals surface area contributed by atoms with E-state index >= 15 is 0 Å². The maximum atomic E-state index is 13.6. The Morgan fingerprint density at radius 3 is 2.43 bits per heavy atom. The van der Waals surface area contributed by atoms with Crippen molar-refractivity contribution in [3.63, 3.8) is 0 Å². The molecule has 216 valence electrons. The fourth-order valence-corrected chi connectivity index (χ4v) is 5.23. The molecule has 0 saturated carbocycles. The first kappa shape index (κ1) is 28.8. The van der Waals surface area contributed by atoms with E-state index in [0.717, 1.165) is 46.9 Å². The number of carbonyl (C=O) groups is 2. The molecule has 1 fully saturated rings. The van der Waals surface area contributed by atoms with Crippen molar-refractivity contribution >= 4 is 17.6 Å². The summed E-state index contributed by atoms with van der Waals surface area (Å²) in [7, 11) is 1.64. The summed E-state index contributed by atoms with van der Waals surface area (Å²) in [6, 6.07) is 29.3. The van der Waals surface area contributed by atoms with Crippen molar-refractivity contribution in [2.45, 2.75) is 19.8 Å². The minimum absolute atomic E-state index is 0.0358. The number of carbonyl (C=O) groups excluding carboxylic acids is 2. The van der Waals surface area contributed by atoms with E-state index in [-0.39, 0.29) is 18.4 Å². The lowest BCUT2D eigenvalue weighted by Gasteiger charge is -2.27. The van der Waals surface area contributed by atoms with Gasteiger partial charge in [0, 0.05) is 43.9 Å². The third-order valence-corrected chi connectivity index (χ3v) is 7.69. The van der Waals surface area contributed by atoms with Crippen LogP contribution in [0.25, 0.3) is 11.3 Å². The Bertz CT molecular complexity index is 1490. The maximum absolute atomic E-state index is 13.6. The Hall–Kier alpha value is -4.72. The molecule has 8 nitrogen and oxygen atoms in total. The molecule has 5 rings (SSSR count). The Balaban J connectivity index is 1.23. The van der Waals surface area contributed by atoms with Crippen LogP contribution >= 0.6 is 0 Å². The molecule has 0 unspecified atom stereocenters. The van der Waals surface area contributed by atoms with E-state index < -0.39 is 0 Å². The van der Waals surface area contributed by atoms with Crippen LogP contribution in [0.1, 0.15) is 27.9 Å². The standard InChI is InChI=1S/C34H37N5O3/c1-26-10-6-7-15-30(26)34(41)39(21-18-27-11-4-3-5-12-27)25-33(40)38-20-9-19-37(22-23-38)32-17-16-31(35-36-32)28-13-8-14-29(24-28)42-2/h3-8,10-17,24H,9,18-23,25H2,1-2H3. The van der Waals surface area contributed by atoms with Gasteiger partial charge >= 0.3 is 0 Å². The van der Waals surface area contributed by atoms with Gasteiger partial charge in [0.15, 0.2) is 5.82 Å². The van der Waals surface area contributed by atoms with Crippen molar-refractivity contribution in [1.82, 2.24) is 20.0 Å². The molecular weight excluding hydrogens is 526 g/mol. The number of benzene rings is 3. The van der Waals surface area contributed by atoms with Crippen molar-refractivity contribution in [2.75, 3.05) is 51.3 Å². The maximum Gasteiger partial charge on any atom is 0.254 e. The van der Waals surface area contributed by atoms with Crippen molar-refractivity contribution in [2.24, 2.45) is 0 Å². The lowest BCUT2D eigenvalue weighted by molar-refractivity contribution is -0.131. The van der Waals surface area contributed by atoms with Gasteiger partial charge in [0.2, 0.25) is 5.91 Å². The van der Waals surface area contributed by atoms with Crippen molar-refractivity contribution in [3.8, 4) is 17.0 Å². The van der Waals surface area contributed by atoms with E-state index in [9.17, 15) is 9.59 Å². The lowest BCUT2D eigenvalue weighted by atomic mass is 10.1. The zero-order valence-corrected chi connectivity index (χ0v) is 24.3. The fraction of sp³-hybridized carbons (Fsp3) is 0.294. The summed E-state index contributed by atoms with van der Waals surface area (Å²) in [6.07, 6.45) is 1.49. The molecule has 0 spiro atoms. The molecule has 8 heteroatoms. The van der Waals surface area contributed by atoms with E-state index in [1.165, 1.54) is 0 Å². The molecule has 4 aromatic rings. The average molecular weight is 564 g/mol. The molecule has 1 aliphatic rings. The number of methoxy groups -OCH3 is 1. The molecule has 0 bridgehead atoms. The number of ether oxygens (including phenoxy) is 1. The van der Waals surface area contributed by atoms with Gasteiger partial charge in [0.25, 0.3) is 5.91 Å². The van der Waals surface area contributed by atoms with Gasteiger partial charge in [-0.05, 0) is 61.2 Å². The Morgan fingerprint density at radius 1 is 0.857 bits per heavy atom. The summed E-state index contributed by atoms with van der Waals surface area (Å²) in [5.74, 6) is 1.41. The van der Waals surface area contributed by atoms with Crippen molar-refractivity contribution in [1.29, 1.82) is 0 Å². The molecule has 1 aliphatic heterocycles. The fourth-order valence-electron chi connectivity index (χ4n) is 5.23. The summed E-state index contributed by atoms with van der Waals surface area (Å²) in [5, 5.41) is 8.94. The van der Waals surface area contributed by atoms with Gasteiger partial charge in [-0.15, -0.1) is 10.2 Å². The van der Waals surface area contributed by atoms with Gasteiger partial charge in [0.1, 0.15) is 12.3 Å². The van der Waals surface area contributed by atoms with Crippen molar-refractivity contribution < 1.29 is 14.3 Å². The smallest absolute Gasteiger partial charge is 0.254 e. The van der Waals surface area contributed by atoms with E-state index in [4.69, 9.17) is 4.74 Å². The highest BCUT2D eigenvalue weighted by atomic mass is 16.5. The minimum Gasteiger partial charge on any atom is -0.497 e. The van der Waals surface area contributed by atoms with Crippen LogP contribution in [0.15, 0.2) is 91.0 Å². The van der Waals surface area contributed by atoms with E-state index in [2.05, 4.69) is 15.1 Å². The van der Waals surface area contributed by atoms with Gasteiger partial charge in [-0.1, -0.05) is 60.7 Å². The quantitative estimate of drug-likeness (QED) is 0.289. The van der Waals surface area contributed by atoms with Crippen LogP contribution in [0.3, 0.4) is 0 Å². The first-order valence-electron chi connectivity index (χ1n) is 14.4. The van der Waals surface area contributed by atoms with Crippen LogP contribution in [-0.2, 0) is 11.2 Å². The van der Waals surface area contributed by atoms with Gasteiger partial charge < -0.3 is 19.4 Å². The van der Waals surface area contributed by atoms with Crippen LogP contribution in [0.5, 0.6) is 5.75 Å². The number of amides is 2. The molecule has 1 saturated heterocycles. The van der Waals surface area contributed by atoms with Crippen LogP contribution in [0.4, 0.5) is 5.82 Å². The predicted molar refractivity (Wildman–Crippen MR) is 165 cm³/mol. The number of rotatable bonds is 9. The zero-order chi connectivity index (χ0) is 29.3. The summed E-state index contributed by atoms with van der Waals surface area (Å²) < 4.78 is 5.33. The normalized spacial score (nSPS) is 13.4. The monoisotopic (exact) mass is 563 g/mol. The number of nitrogens with zero attached hydrogens (tertiary/aromatic N) is 5. The molecule has 0 atom stereocenters. The number of anilines is 1. The van der Waals surface area contributed by atoms with Gasteiger partial charge in [-0.3, -0.25) is 9.59 Å². The van der Waals surface area contributed by atoms with E-state index in [1.807, 2.05) is 103 Å². The first-order chi connectivity index (χ1) is 20.5. The molecule has 3 aromatic carbocycles. The van der Waals surface area contributed by atoms with Crippen LogP contribution < -0.4 is 9.64 Å². The van der Waals surface area contributed by atoms with Gasteiger partial charge in [0.05, 0.1) is 12.8 Å². The Morgan fingerprint density at radius 2 is 1.67 bits per heavy atom. The predicted octanol–water partition coefficient (Wildman–Crippen LogP) is 4.88. The number of hydrogen-bond acceptors (Lipinski definition) is 6. The molecule has 2 heterocycles. The van der Waals surface area contributed by atoms with Crippen molar-refractivity contribution in [3.05, 3.63) is 108 Å². The molecular formula is C34H37N5O3. The summed E-state index contributed by atoms with van der Waals surface area (Å²) >= 11 is 0. The lowest BCUT2D eigenvalue weighted by Crippen LogP contribution is -2.45. The molecule has 42 heavy (non-hydrogen) atoms. The minimum atomic E-state index is -0.111. The summed E-state index contributed by atoms with van der Waals surface area (Å²) in [4.78, 5) is 32.9. The third kappa shape index (κ3) is 7.13. The molecule has 1 aromatic heterocycles. The summed E-state index contributed by atoms with van der Waals surface area (Å²) in [5.41, 5.74) is 4.40. The number of aryl methyl sites for hydroxylation is 1. The highest BCUT2D eigenvalue weighted by molar-refractivity contribution is 5.97. The SMILES string of the molecule is COc1cccc(-c2ccc(N3CCCN(C(=O)CN(CCc4ccccc4)C(=O)c4ccccc4C)CC3)nn2)c1. The van der Waals surface area contributed by atoms with E-state index in [1.54, 1.807) is 12.0 Å². The number of aromatic nitrogens is 2. The number of hydrogen-bond donors (Lipinski definition) is 0. The third-order valence-electron chi connectivity index (χ3n) is 7.69. The van der Waals surface area contributed by atoms with Crippen LogP contribution in [-0.4, -0.2) is 78.2 Å². The summed E-state index contributed by atoms with van der Waals surface area (Å²) in [6.45, 7) is 5.07. The molecule has 2 amide bonds. The molecule has 0 radical (unpaired) electrons. The largest absolute Gasteiger partial charge is 0.497 e. The highest BCUT2D eigenvalue weighted by Crippen LogP contribution is 2.23. The first-order valence-corrected chi connectivity index (χ1v) is 14.4.